The Balaban J connectivity index is 1.54. The van der Waals surface area contributed by atoms with Gasteiger partial charge in [0.15, 0.2) is 5.01 Å². The fourth-order valence-electron chi connectivity index (χ4n) is 3.60. The zero-order valence-electron chi connectivity index (χ0n) is 18.0. The molecule has 5 rings (SSSR count). The smallest absolute Gasteiger partial charge is 0.256 e. The van der Waals surface area contributed by atoms with Gasteiger partial charge in [-0.2, -0.15) is 0 Å². The van der Waals surface area contributed by atoms with Crippen LogP contribution in [-0.4, -0.2) is 69.2 Å². The van der Waals surface area contributed by atoms with Gasteiger partial charge < -0.3 is 15.1 Å². The van der Waals surface area contributed by atoms with Gasteiger partial charge in [0.2, 0.25) is 0 Å². The normalized spacial score (nSPS) is 14.1. The SMILES string of the molecule is Cc1nnc(-c2cc3cc(NC(=O)c4ccncc4)nc(N4CC(N(C)C)C4)c3cn2)s1. The largest absolute Gasteiger partial charge is 0.353 e. The number of carbonyl (C=O) groups is 1. The summed E-state index contributed by atoms with van der Waals surface area (Å²) in [5, 5.41) is 14.8. The number of likely N-dealkylation sites (N-methyl/N-ethyl adjacent to an activating group) is 1. The number of hydrogen-bond donors (Lipinski definition) is 1. The summed E-state index contributed by atoms with van der Waals surface area (Å²) in [4.78, 5) is 30.5. The average Bonchev–Trinajstić information content (AvgIpc) is 3.19. The van der Waals surface area contributed by atoms with Crippen molar-refractivity contribution in [2.75, 3.05) is 37.4 Å². The van der Waals surface area contributed by atoms with Gasteiger partial charge >= 0.3 is 0 Å². The molecule has 1 aliphatic rings. The lowest BCUT2D eigenvalue weighted by molar-refractivity contribution is 0.102. The maximum Gasteiger partial charge on any atom is 0.256 e. The van der Waals surface area contributed by atoms with E-state index in [1.165, 1.54) is 11.3 Å². The van der Waals surface area contributed by atoms with Crippen molar-refractivity contribution in [1.29, 1.82) is 0 Å². The molecule has 4 aromatic heterocycles. The molecule has 10 heteroatoms. The van der Waals surface area contributed by atoms with Gasteiger partial charge in [-0.05, 0) is 50.7 Å². The Morgan fingerprint density at radius 3 is 2.66 bits per heavy atom. The molecule has 0 radical (unpaired) electrons. The number of anilines is 2. The number of rotatable bonds is 5. The van der Waals surface area contributed by atoms with Crippen LogP contribution < -0.4 is 10.2 Å². The number of carbonyl (C=O) groups excluding carboxylic acids is 1. The number of nitrogens with zero attached hydrogens (tertiary/aromatic N) is 7. The van der Waals surface area contributed by atoms with E-state index in [0.717, 1.165) is 45.4 Å². The molecule has 9 nitrogen and oxygen atoms in total. The molecule has 5 heterocycles. The van der Waals surface area contributed by atoms with Crippen molar-refractivity contribution in [3.05, 3.63) is 53.4 Å². The number of hydrogen-bond acceptors (Lipinski definition) is 9. The Bertz CT molecular complexity index is 1280. The fraction of sp³-hybridized carbons (Fsp3) is 0.273. The average molecular weight is 447 g/mol. The predicted molar refractivity (Wildman–Crippen MR) is 125 cm³/mol. The minimum atomic E-state index is -0.228. The van der Waals surface area contributed by atoms with Crippen LogP contribution in [0, 0.1) is 6.92 Å². The molecular weight excluding hydrogens is 424 g/mol. The molecular formula is C22H22N8OS. The highest BCUT2D eigenvalue weighted by atomic mass is 32.1. The van der Waals surface area contributed by atoms with Crippen LogP contribution >= 0.6 is 11.3 Å². The topological polar surface area (TPSA) is 100 Å². The first-order valence-electron chi connectivity index (χ1n) is 10.2. The minimum Gasteiger partial charge on any atom is -0.353 e. The number of nitrogens with one attached hydrogen (secondary N) is 1. The zero-order valence-corrected chi connectivity index (χ0v) is 18.8. The van der Waals surface area contributed by atoms with Crippen LogP contribution in [0.1, 0.15) is 15.4 Å². The third kappa shape index (κ3) is 3.90. The first-order chi connectivity index (χ1) is 15.5. The van der Waals surface area contributed by atoms with Crippen LogP contribution in [0.3, 0.4) is 0 Å². The fourth-order valence-corrected chi connectivity index (χ4v) is 4.26. The maximum absolute atomic E-state index is 12.7. The number of pyridine rings is 3. The van der Waals surface area contributed by atoms with Crippen molar-refractivity contribution in [2.45, 2.75) is 13.0 Å². The summed E-state index contributed by atoms with van der Waals surface area (Å²) in [7, 11) is 4.16. The Morgan fingerprint density at radius 2 is 1.97 bits per heavy atom. The number of amides is 1. The molecule has 0 aliphatic carbocycles. The zero-order chi connectivity index (χ0) is 22.2. The molecule has 1 fully saturated rings. The van der Waals surface area contributed by atoms with E-state index < -0.39 is 0 Å². The van der Waals surface area contributed by atoms with E-state index in [-0.39, 0.29) is 5.91 Å². The lowest BCUT2D eigenvalue weighted by Gasteiger charge is -2.44. The summed E-state index contributed by atoms with van der Waals surface area (Å²) < 4.78 is 0. The number of fused-ring (bicyclic) bond motifs is 1. The third-order valence-corrected chi connectivity index (χ3v) is 6.38. The minimum absolute atomic E-state index is 0.228. The molecule has 1 N–H and O–H groups in total. The Labute approximate surface area is 189 Å². The van der Waals surface area contributed by atoms with E-state index in [4.69, 9.17) is 4.98 Å². The van der Waals surface area contributed by atoms with Crippen molar-refractivity contribution in [3.8, 4) is 10.7 Å². The van der Waals surface area contributed by atoms with E-state index in [9.17, 15) is 4.79 Å². The predicted octanol–water partition coefficient (Wildman–Crippen LogP) is 2.85. The van der Waals surface area contributed by atoms with E-state index >= 15 is 0 Å². The monoisotopic (exact) mass is 446 g/mol. The van der Waals surface area contributed by atoms with Gasteiger partial charge in [0, 0.05) is 48.7 Å². The van der Waals surface area contributed by atoms with Crippen LogP contribution in [0.5, 0.6) is 0 Å². The highest BCUT2D eigenvalue weighted by Gasteiger charge is 2.31. The van der Waals surface area contributed by atoms with Crippen LogP contribution in [0.4, 0.5) is 11.6 Å². The molecule has 4 aromatic rings. The molecule has 0 bridgehead atoms. The molecule has 1 amide bonds. The molecule has 162 valence electrons. The number of aryl methyl sites for hydroxylation is 1. The molecule has 1 saturated heterocycles. The van der Waals surface area contributed by atoms with Gasteiger partial charge in [-0.3, -0.25) is 14.8 Å². The van der Waals surface area contributed by atoms with Crippen molar-refractivity contribution in [2.24, 2.45) is 0 Å². The van der Waals surface area contributed by atoms with Gasteiger partial charge in [0.25, 0.3) is 5.91 Å². The van der Waals surface area contributed by atoms with Crippen LogP contribution in [-0.2, 0) is 0 Å². The van der Waals surface area contributed by atoms with Gasteiger partial charge in [-0.1, -0.05) is 11.3 Å². The summed E-state index contributed by atoms with van der Waals surface area (Å²) in [6, 6.07) is 7.67. The first-order valence-corrected chi connectivity index (χ1v) is 11.0. The highest BCUT2D eigenvalue weighted by molar-refractivity contribution is 7.14. The Morgan fingerprint density at radius 1 is 1.19 bits per heavy atom. The standard InChI is InChI=1S/C22H22N8OS/c1-13-27-28-22(32-13)18-8-15-9-19(26-21(31)14-4-6-23-7-5-14)25-20(17(15)10-24-18)30-11-16(12-30)29(2)3/h4-10,16H,11-12H2,1-3H3,(H,25,26,31). The Kier molecular flexibility index (Phi) is 5.24. The van der Waals surface area contributed by atoms with Crippen LogP contribution in [0.25, 0.3) is 21.5 Å². The van der Waals surface area contributed by atoms with Crippen molar-refractivity contribution < 1.29 is 4.79 Å². The molecule has 32 heavy (non-hydrogen) atoms. The van der Waals surface area contributed by atoms with Gasteiger partial charge in [0.1, 0.15) is 22.3 Å². The highest BCUT2D eigenvalue weighted by Crippen LogP contribution is 2.33. The quantitative estimate of drug-likeness (QED) is 0.500. The van der Waals surface area contributed by atoms with Crippen molar-refractivity contribution in [3.63, 3.8) is 0 Å². The first kappa shape index (κ1) is 20.4. The van der Waals surface area contributed by atoms with E-state index in [1.54, 1.807) is 24.5 Å². The lowest BCUT2D eigenvalue weighted by Crippen LogP contribution is -2.57. The Hall–Kier alpha value is -3.50. The molecule has 0 aromatic carbocycles. The van der Waals surface area contributed by atoms with Gasteiger partial charge in [0.05, 0.1) is 0 Å². The van der Waals surface area contributed by atoms with E-state index in [2.05, 4.69) is 49.4 Å². The maximum atomic E-state index is 12.7. The second kappa shape index (κ2) is 8.21. The summed E-state index contributed by atoms with van der Waals surface area (Å²) in [5.41, 5.74) is 1.28. The van der Waals surface area contributed by atoms with E-state index in [1.807, 2.05) is 25.3 Å². The summed E-state index contributed by atoms with van der Waals surface area (Å²) in [6.07, 6.45) is 5.02. The lowest BCUT2D eigenvalue weighted by atomic mass is 10.1. The molecule has 0 saturated carbocycles. The molecule has 0 unspecified atom stereocenters. The molecule has 1 aliphatic heterocycles. The van der Waals surface area contributed by atoms with Crippen LogP contribution in [0.2, 0.25) is 0 Å². The van der Waals surface area contributed by atoms with Gasteiger partial charge in [-0.15, -0.1) is 10.2 Å². The third-order valence-electron chi connectivity index (χ3n) is 5.52. The molecule has 0 atom stereocenters. The van der Waals surface area contributed by atoms with Crippen LogP contribution in [0.15, 0.2) is 42.9 Å². The number of aromatic nitrogens is 5. The second-order valence-electron chi connectivity index (χ2n) is 7.96. The van der Waals surface area contributed by atoms with E-state index in [0.29, 0.717) is 17.4 Å². The van der Waals surface area contributed by atoms with Crippen molar-refractivity contribution >= 4 is 39.7 Å². The summed E-state index contributed by atoms with van der Waals surface area (Å²) >= 11 is 1.50. The van der Waals surface area contributed by atoms with Gasteiger partial charge in [-0.25, -0.2) is 4.98 Å². The summed E-state index contributed by atoms with van der Waals surface area (Å²) in [6.45, 7) is 3.66. The summed E-state index contributed by atoms with van der Waals surface area (Å²) in [5.74, 6) is 1.08. The van der Waals surface area contributed by atoms with Crippen molar-refractivity contribution in [1.82, 2.24) is 30.0 Å². The second-order valence-corrected chi connectivity index (χ2v) is 9.14. The molecule has 0 spiro atoms.